The lowest BCUT2D eigenvalue weighted by molar-refractivity contribution is -0.385. The Balaban J connectivity index is 2.02. The number of nitrogens with one attached hydrogen (secondary N) is 1. The summed E-state index contributed by atoms with van der Waals surface area (Å²) in [7, 11) is 2.13. The summed E-state index contributed by atoms with van der Waals surface area (Å²) in [6.07, 6.45) is 3.86. The largest absolute Gasteiger partial charge is 0.368 e. The third-order valence-corrected chi connectivity index (χ3v) is 4.79. The summed E-state index contributed by atoms with van der Waals surface area (Å²) in [5.41, 5.74) is 0.626. The van der Waals surface area contributed by atoms with Crippen LogP contribution in [-0.2, 0) is 0 Å². The fraction of sp³-hybridized carbons (Fsp3) is 0.615. The minimum absolute atomic E-state index is 0.0329. The molecule has 1 aromatic rings. The van der Waals surface area contributed by atoms with Gasteiger partial charge in [-0.3, -0.25) is 15.0 Å². The Morgan fingerprint density at radius 3 is 2.85 bits per heavy atom. The third kappa shape index (κ3) is 3.27. The maximum Gasteiger partial charge on any atom is 0.291 e. The first kappa shape index (κ1) is 15.2. The van der Waals surface area contributed by atoms with E-state index in [2.05, 4.69) is 45.1 Å². The van der Waals surface area contributed by atoms with Crippen LogP contribution in [0.4, 0.5) is 11.5 Å². The number of nitro groups is 1. The SMILES string of the molecule is Cc1c([N+](=O)[O-])cnc(NCC(C)N(C)C2CC2)c1Br. The Kier molecular flexibility index (Phi) is 4.59. The van der Waals surface area contributed by atoms with Crippen LogP contribution in [-0.4, -0.2) is 40.5 Å². The lowest BCUT2D eigenvalue weighted by atomic mass is 10.2. The zero-order chi connectivity index (χ0) is 14.9. The van der Waals surface area contributed by atoms with Crippen molar-refractivity contribution in [3.63, 3.8) is 0 Å². The minimum Gasteiger partial charge on any atom is -0.368 e. The summed E-state index contributed by atoms with van der Waals surface area (Å²) in [4.78, 5) is 16.9. The van der Waals surface area contributed by atoms with Crippen LogP contribution in [0.5, 0.6) is 0 Å². The van der Waals surface area contributed by atoms with E-state index in [1.54, 1.807) is 6.92 Å². The van der Waals surface area contributed by atoms with Crippen molar-refractivity contribution >= 4 is 27.4 Å². The molecule has 1 aliphatic carbocycles. The Morgan fingerprint density at radius 1 is 1.65 bits per heavy atom. The number of likely N-dealkylation sites (N-methyl/N-ethyl adjacent to an activating group) is 1. The van der Waals surface area contributed by atoms with E-state index in [9.17, 15) is 10.1 Å². The summed E-state index contributed by atoms with van der Waals surface area (Å²) in [5, 5.41) is 14.1. The topological polar surface area (TPSA) is 71.3 Å². The van der Waals surface area contributed by atoms with Gasteiger partial charge in [-0.25, -0.2) is 4.98 Å². The van der Waals surface area contributed by atoms with Crippen LogP contribution in [0, 0.1) is 17.0 Å². The van der Waals surface area contributed by atoms with Crippen LogP contribution in [0.1, 0.15) is 25.3 Å². The van der Waals surface area contributed by atoms with E-state index < -0.39 is 4.92 Å². The monoisotopic (exact) mass is 342 g/mol. The van der Waals surface area contributed by atoms with E-state index in [0.29, 0.717) is 27.9 Å². The Hall–Kier alpha value is -1.21. The minimum atomic E-state index is -0.416. The van der Waals surface area contributed by atoms with Crippen molar-refractivity contribution in [3.8, 4) is 0 Å². The van der Waals surface area contributed by atoms with Gasteiger partial charge in [-0.1, -0.05) is 0 Å². The Bertz CT molecular complexity index is 519. The molecule has 1 aromatic heterocycles. The smallest absolute Gasteiger partial charge is 0.291 e. The molecule has 0 saturated heterocycles. The van der Waals surface area contributed by atoms with Crippen molar-refractivity contribution in [1.82, 2.24) is 9.88 Å². The average molecular weight is 343 g/mol. The molecule has 1 unspecified atom stereocenters. The molecular formula is C13H19BrN4O2. The van der Waals surface area contributed by atoms with Gasteiger partial charge < -0.3 is 5.32 Å². The van der Waals surface area contributed by atoms with Crippen LogP contribution < -0.4 is 5.32 Å². The molecule has 0 radical (unpaired) electrons. The second kappa shape index (κ2) is 6.05. The van der Waals surface area contributed by atoms with Gasteiger partial charge in [0.2, 0.25) is 0 Å². The van der Waals surface area contributed by atoms with Crippen LogP contribution in [0.3, 0.4) is 0 Å². The van der Waals surface area contributed by atoms with E-state index in [1.165, 1.54) is 19.0 Å². The molecule has 0 aliphatic heterocycles. The van der Waals surface area contributed by atoms with E-state index >= 15 is 0 Å². The molecule has 20 heavy (non-hydrogen) atoms. The summed E-state index contributed by atoms with van der Waals surface area (Å²) >= 11 is 3.38. The molecule has 1 saturated carbocycles. The van der Waals surface area contributed by atoms with Crippen LogP contribution in [0.2, 0.25) is 0 Å². The second-order valence-electron chi connectivity index (χ2n) is 5.31. The lowest BCUT2D eigenvalue weighted by Crippen LogP contribution is -2.36. The van der Waals surface area contributed by atoms with E-state index in [-0.39, 0.29) is 5.69 Å². The number of rotatable bonds is 6. The van der Waals surface area contributed by atoms with Crippen LogP contribution in [0.15, 0.2) is 10.7 Å². The molecular weight excluding hydrogens is 324 g/mol. The second-order valence-corrected chi connectivity index (χ2v) is 6.11. The van der Waals surface area contributed by atoms with Crippen molar-refractivity contribution < 1.29 is 4.92 Å². The Morgan fingerprint density at radius 2 is 2.30 bits per heavy atom. The zero-order valence-electron chi connectivity index (χ0n) is 11.9. The van der Waals surface area contributed by atoms with Crippen LogP contribution in [0.25, 0.3) is 0 Å². The first-order chi connectivity index (χ1) is 9.41. The highest BCUT2D eigenvalue weighted by atomic mass is 79.9. The average Bonchev–Trinajstić information content (AvgIpc) is 3.23. The fourth-order valence-corrected chi connectivity index (χ4v) is 2.55. The predicted octanol–water partition coefficient (Wildman–Crippen LogP) is 2.96. The number of halogens is 1. The van der Waals surface area contributed by atoms with Gasteiger partial charge in [-0.2, -0.15) is 0 Å². The molecule has 1 atom stereocenters. The quantitative estimate of drug-likeness (QED) is 0.635. The maximum atomic E-state index is 10.8. The van der Waals surface area contributed by atoms with Crippen molar-refractivity contribution in [3.05, 3.63) is 26.3 Å². The normalized spacial score (nSPS) is 16.2. The standard InChI is InChI=1S/C13H19BrN4O2/c1-8(17(3)10-4-5-10)6-15-13-12(14)9(2)11(7-16-13)18(19)20/h7-8,10H,4-6H2,1-3H3,(H,15,16). The number of anilines is 1. The van der Waals surface area contributed by atoms with Gasteiger partial charge in [0.15, 0.2) is 0 Å². The molecule has 0 aromatic carbocycles. The van der Waals surface area contributed by atoms with Gasteiger partial charge >= 0.3 is 0 Å². The summed E-state index contributed by atoms with van der Waals surface area (Å²) in [6.45, 7) is 4.64. The molecule has 2 rings (SSSR count). The summed E-state index contributed by atoms with van der Waals surface area (Å²) < 4.78 is 0.660. The number of nitrogens with zero attached hydrogens (tertiary/aromatic N) is 3. The van der Waals surface area contributed by atoms with Gasteiger partial charge in [0.25, 0.3) is 5.69 Å². The number of aromatic nitrogens is 1. The third-order valence-electron chi connectivity index (χ3n) is 3.82. The number of hydrogen-bond acceptors (Lipinski definition) is 5. The van der Waals surface area contributed by atoms with Gasteiger partial charge in [-0.05, 0) is 49.7 Å². The number of pyridine rings is 1. The van der Waals surface area contributed by atoms with Crippen molar-refractivity contribution in [2.24, 2.45) is 0 Å². The highest BCUT2D eigenvalue weighted by Gasteiger charge is 2.29. The van der Waals surface area contributed by atoms with E-state index in [0.717, 1.165) is 6.54 Å². The maximum absolute atomic E-state index is 10.8. The molecule has 0 bridgehead atoms. The summed E-state index contributed by atoms with van der Waals surface area (Å²) in [5.74, 6) is 0.657. The van der Waals surface area contributed by atoms with Gasteiger partial charge in [0.1, 0.15) is 12.0 Å². The molecule has 0 amide bonds. The molecule has 1 N–H and O–H groups in total. The van der Waals surface area contributed by atoms with Gasteiger partial charge in [-0.15, -0.1) is 0 Å². The molecule has 0 spiro atoms. The van der Waals surface area contributed by atoms with Crippen molar-refractivity contribution in [2.45, 2.75) is 38.8 Å². The molecule has 6 nitrogen and oxygen atoms in total. The zero-order valence-corrected chi connectivity index (χ0v) is 13.5. The molecule has 1 fully saturated rings. The van der Waals surface area contributed by atoms with Crippen molar-refractivity contribution in [1.29, 1.82) is 0 Å². The molecule has 110 valence electrons. The van der Waals surface area contributed by atoms with Gasteiger partial charge in [0.05, 0.1) is 9.40 Å². The molecule has 1 heterocycles. The van der Waals surface area contributed by atoms with Gasteiger partial charge in [0, 0.05) is 24.2 Å². The summed E-state index contributed by atoms with van der Waals surface area (Å²) in [6, 6.07) is 1.11. The number of hydrogen-bond donors (Lipinski definition) is 1. The predicted molar refractivity (Wildman–Crippen MR) is 82.1 cm³/mol. The van der Waals surface area contributed by atoms with E-state index in [4.69, 9.17) is 0 Å². The highest BCUT2D eigenvalue weighted by Crippen LogP contribution is 2.31. The van der Waals surface area contributed by atoms with Crippen molar-refractivity contribution in [2.75, 3.05) is 18.9 Å². The first-order valence-electron chi connectivity index (χ1n) is 6.67. The lowest BCUT2D eigenvalue weighted by Gasteiger charge is -2.25. The fourth-order valence-electron chi connectivity index (χ4n) is 2.11. The van der Waals surface area contributed by atoms with Crippen LogP contribution >= 0.6 is 15.9 Å². The van der Waals surface area contributed by atoms with E-state index in [1.807, 2.05) is 0 Å². The first-order valence-corrected chi connectivity index (χ1v) is 7.46. The highest BCUT2D eigenvalue weighted by molar-refractivity contribution is 9.10. The molecule has 1 aliphatic rings. The molecule has 7 heteroatoms. The Labute approximate surface area is 126 Å².